The molecule has 27 heavy (non-hydrogen) atoms. The van der Waals surface area contributed by atoms with Crippen LogP contribution in [0.15, 0.2) is 41.2 Å². The van der Waals surface area contributed by atoms with Gasteiger partial charge in [0.2, 0.25) is 17.6 Å². The molecule has 3 aromatic rings. The van der Waals surface area contributed by atoms with Crippen molar-refractivity contribution >= 4 is 23.4 Å². The Balaban J connectivity index is 1.67. The van der Waals surface area contributed by atoms with E-state index >= 15 is 0 Å². The molecule has 2 fully saturated rings. The van der Waals surface area contributed by atoms with Gasteiger partial charge in [0.25, 0.3) is 5.56 Å². The van der Waals surface area contributed by atoms with E-state index in [-0.39, 0.29) is 35.2 Å². The molecule has 1 aliphatic heterocycles. The highest BCUT2D eigenvalue weighted by Gasteiger charge is 2.49. The first-order chi connectivity index (χ1) is 13.1. The van der Waals surface area contributed by atoms with Gasteiger partial charge in [-0.3, -0.25) is 19.4 Å². The van der Waals surface area contributed by atoms with Crippen molar-refractivity contribution in [1.29, 1.82) is 0 Å². The van der Waals surface area contributed by atoms with E-state index in [0.717, 1.165) is 23.3 Å². The van der Waals surface area contributed by atoms with Crippen LogP contribution in [0.3, 0.4) is 0 Å². The minimum absolute atomic E-state index is 0.160. The number of hydrogen-bond acceptors (Lipinski definition) is 5. The summed E-state index contributed by atoms with van der Waals surface area (Å²) in [6.45, 7) is 0. The maximum Gasteiger partial charge on any atom is 0.254 e. The summed E-state index contributed by atoms with van der Waals surface area (Å²) in [5.41, 5.74) is 0.348. The van der Waals surface area contributed by atoms with E-state index in [9.17, 15) is 14.4 Å². The highest BCUT2D eigenvalue weighted by molar-refractivity contribution is 6.21. The number of carbonyl (C=O) groups is 2. The zero-order chi connectivity index (χ0) is 18.5. The lowest BCUT2D eigenvalue weighted by Gasteiger charge is -2.19. The molecule has 1 aliphatic carbocycles. The second-order valence-corrected chi connectivity index (χ2v) is 7.04. The molecule has 5 rings (SSSR count). The van der Waals surface area contributed by atoms with Gasteiger partial charge in [0, 0.05) is 11.6 Å². The van der Waals surface area contributed by atoms with E-state index in [1.54, 1.807) is 0 Å². The average molecular weight is 363 g/mol. The molecule has 2 atom stereocenters. The molecule has 0 bridgehead atoms. The SMILES string of the molecule is O=C1[C@H]2CCCC[C@@H]2C(=O)N1c1cc(=O)[nH]c2nc(-c3ccccc3)nn12. The van der Waals surface area contributed by atoms with Crippen LogP contribution in [0.25, 0.3) is 17.2 Å². The summed E-state index contributed by atoms with van der Waals surface area (Å²) < 4.78 is 1.37. The minimum atomic E-state index is -0.431. The van der Waals surface area contributed by atoms with E-state index in [2.05, 4.69) is 15.1 Å². The molecule has 1 saturated heterocycles. The number of H-pyrrole nitrogens is 1. The van der Waals surface area contributed by atoms with Gasteiger partial charge in [-0.05, 0) is 12.8 Å². The third kappa shape index (κ3) is 2.40. The number of rotatable bonds is 2. The normalized spacial score (nSPS) is 22.4. The summed E-state index contributed by atoms with van der Waals surface area (Å²) in [4.78, 5) is 46.1. The first-order valence-corrected chi connectivity index (χ1v) is 9.07. The van der Waals surface area contributed by atoms with E-state index in [1.807, 2.05) is 30.3 Å². The Morgan fingerprint density at radius 1 is 0.963 bits per heavy atom. The molecule has 0 spiro atoms. The van der Waals surface area contributed by atoms with Crippen LogP contribution in [0, 0.1) is 11.8 Å². The molecular formula is C19H17N5O3. The minimum Gasteiger partial charge on any atom is -0.291 e. The van der Waals surface area contributed by atoms with E-state index in [1.165, 1.54) is 10.6 Å². The number of carbonyl (C=O) groups excluding carboxylic acids is 2. The van der Waals surface area contributed by atoms with Gasteiger partial charge < -0.3 is 0 Å². The molecule has 136 valence electrons. The summed E-state index contributed by atoms with van der Waals surface area (Å²) in [5.74, 6) is -0.299. The number of imide groups is 1. The smallest absolute Gasteiger partial charge is 0.254 e. The monoisotopic (exact) mass is 363 g/mol. The van der Waals surface area contributed by atoms with Gasteiger partial charge in [0.15, 0.2) is 11.6 Å². The number of aromatic amines is 1. The van der Waals surface area contributed by atoms with E-state index < -0.39 is 5.56 Å². The molecule has 0 radical (unpaired) electrons. The van der Waals surface area contributed by atoms with Crippen molar-refractivity contribution in [2.45, 2.75) is 25.7 Å². The summed E-state index contributed by atoms with van der Waals surface area (Å²) in [7, 11) is 0. The summed E-state index contributed by atoms with van der Waals surface area (Å²) in [6, 6.07) is 10.6. The van der Waals surface area contributed by atoms with Crippen molar-refractivity contribution in [1.82, 2.24) is 19.6 Å². The summed E-state index contributed by atoms with van der Waals surface area (Å²) in [5, 5.41) is 4.44. The van der Waals surface area contributed by atoms with Crippen LogP contribution in [0.5, 0.6) is 0 Å². The maximum absolute atomic E-state index is 12.9. The van der Waals surface area contributed by atoms with Crippen LogP contribution in [0.2, 0.25) is 0 Å². The van der Waals surface area contributed by atoms with E-state index in [0.29, 0.717) is 18.7 Å². The highest BCUT2D eigenvalue weighted by atomic mass is 16.2. The van der Waals surface area contributed by atoms with Gasteiger partial charge in [-0.25, -0.2) is 4.90 Å². The molecule has 2 aromatic heterocycles. The molecule has 1 aromatic carbocycles. The average Bonchev–Trinajstić information content (AvgIpc) is 3.22. The molecule has 2 aliphatic rings. The molecule has 8 nitrogen and oxygen atoms in total. The first-order valence-electron chi connectivity index (χ1n) is 9.07. The second kappa shape index (κ2) is 5.87. The highest BCUT2D eigenvalue weighted by Crippen LogP contribution is 2.39. The fraction of sp³-hybridized carbons (Fsp3) is 0.316. The summed E-state index contributed by atoms with van der Waals surface area (Å²) >= 11 is 0. The van der Waals surface area contributed by atoms with Gasteiger partial charge in [0.1, 0.15) is 0 Å². The number of nitrogens with zero attached hydrogens (tertiary/aromatic N) is 4. The third-order valence-electron chi connectivity index (χ3n) is 5.42. The van der Waals surface area contributed by atoms with E-state index in [4.69, 9.17) is 0 Å². The lowest BCUT2D eigenvalue weighted by molar-refractivity contribution is -0.122. The van der Waals surface area contributed by atoms with Crippen LogP contribution < -0.4 is 10.5 Å². The van der Waals surface area contributed by atoms with Crippen LogP contribution in [-0.2, 0) is 9.59 Å². The van der Waals surface area contributed by atoms with Gasteiger partial charge in [-0.2, -0.15) is 9.50 Å². The van der Waals surface area contributed by atoms with Gasteiger partial charge in [-0.1, -0.05) is 43.2 Å². The largest absolute Gasteiger partial charge is 0.291 e. The van der Waals surface area contributed by atoms with Crippen molar-refractivity contribution in [2.75, 3.05) is 4.90 Å². The number of fused-ring (bicyclic) bond motifs is 2. The van der Waals surface area contributed by atoms with Crippen LogP contribution in [0.4, 0.5) is 5.82 Å². The van der Waals surface area contributed by atoms with Crippen molar-refractivity contribution in [2.24, 2.45) is 11.8 Å². The first kappa shape index (κ1) is 15.9. The Labute approximate surface area is 153 Å². The van der Waals surface area contributed by atoms with Gasteiger partial charge in [0.05, 0.1) is 11.8 Å². The number of hydrogen-bond donors (Lipinski definition) is 1. The Morgan fingerprint density at radius 3 is 2.30 bits per heavy atom. The Bertz CT molecular complexity index is 1090. The van der Waals surface area contributed by atoms with Crippen molar-refractivity contribution in [3.8, 4) is 11.4 Å². The standard InChI is InChI=1S/C19H17N5O3/c25-14-10-15(23-17(26)12-8-4-5-9-13(12)18(23)27)24-19(20-14)21-16(22-24)11-6-2-1-3-7-11/h1-3,6-7,10,12-13H,4-5,8-9H2,(H,20,21,22,25)/t12-,13-/m0/s1. The number of amides is 2. The van der Waals surface area contributed by atoms with Crippen molar-refractivity contribution in [3.05, 3.63) is 46.8 Å². The van der Waals surface area contributed by atoms with Crippen LogP contribution in [0.1, 0.15) is 25.7 Å². The number of aromatic nitrogens is 4. The zero-order valence-corrected chi connectivity index (χ0v) is 14.5. The summed E-state index contributed by atoms with van der Waals surface area (Å²) in [6.07, 6.45) is 3.32. The number of anilines is 1. The molecule has 1 saturated carbocycles. The lowest BCUT2D eigenvalue weighted by atomic mass is 9.81. The maximum atomic E-state index is 12.9. The molecule has 1 N–H and O–H groups in total. The molecule has 0 unspecified atom stereocenters. The fourth-order valence-electron chi connectivity index (χ4n) is 4.13. The predicted molar refractivity (Wildman–Crippen MR) is 97.0 cm³/mol. The molecule has 2 amide bonds. The predicted octanol–water partition coefficient (Wildman–Crippen LogP) is 1.76. The Kier molecular flexibility index (Phi) is 3.46. The fourth-order valence-corrected chi connectivity index (χ4v) is 4.13. The van der Waals surface area contributed by atoms with Crippen LogP contribution in [-0.4, -0.2) is 31.4 Å². The molecular weight excluding hydrogens is 346 g/mol. The topological polar surface area (TPSA) is 100 Å². The lowest BCUT2D eigenvalue weighted by Crippen LogP contribution is -2.34. The Hall–Kier alpha value is -3.29. The van der Waals surface area contributed by atoms with Crippen molar-refractivity contribution < 1.29 is 9.59 Å². The number of benzene rings is 1. The molecule has 3 heterocycles. The third-order valence-corrected chi connectivity index (χ3v) is 5.42. The zero-order valence-electron chi connectivity index (χ0n) is 14.5. The Morgan fingerprint density at radius 2 is 1.63 bits per heavy atom. The number of nitrogens with one attached hydrogen (secondary N) is 1. The second-order valence-electron chi connectivity index (χ2n) is 7.04. The van der Waals surface area contributed by atoms with Crippen LogP contribution >= 0.6 is 0 Å². The quantitative estimate of drug-likeness (QED) is 0.699. The van der Waals surface area contributed by atoms with Gasteiger partial charge in [-0.15, -0.1) is 5.10 Å². The molecule has 8 heteroatoms. The van der Waals surface area contributed by atoms with Gasteiger partial charge >= 0.3 is 0 Å². The van der Waals surface area contributed by atoms with Crippen molar-refractivity contribution in [3.63, 3.8) is 0 Å².